The number of thioether (sulfide) groups is 1. The van der Waals surface area contributed by atoms with E-state index in [1.54, 1.807) is 23.9 Å². The molecule has 3 N–H and O–H groups in total. The highest BCUT2D eigenvalue weighted by Gasteiger charge is 2.38. The first-order chi connectivity index (χ1) is 28.1. The summed E-state index contributed by atoms with van der Waals surface area (Å²) >= 11 is 1.53. The second-order valence-corrected chi connectivity index (χ2v) is 17.1. The Morgan fingerprint density at radius 3 is 2.26 bits per heavy atom. The zero-order chi connectivity index (χ0) is 40.6. The molecule has 1 fully saturated rings. The van der Waals surface area contributed by atoms with E-state index in [1.807, 2.05) is 104 Å². The summed E-state index contributed by atoms with van der Waals surface area (Å²) in [6.07, 6.45) is -0.974. The van der Waals surface area contributed by atoms with Gasteiger partial charge in [-0.05, 0) is 81.4 Å². The highest BCUT2D eigenvalue weighted by molar-refractivity contribution is 7.99. The van der Waals surface area contributed by atoms with Gasteiger partial charge in [-0.15, -0.1) is 5.10 Å². The summed E-state index contributed by atoms with van der Waals surface area (Å²) in [5, 5.41) is 25.2. The predicted octanol–water partition coefficient (Wildman–Crippen LogP) is 6.47. The summed E-state index contributed by atoms with van der Waals surface area (Å²) in [6.45, 7) is 4.15. The quantitative estimate of drug-likeness (QED) is 0.0982. The van der Waals surface area contributed by atoms with E-state index in [9.17, 15) is 18.3 Å². The van der Waals surface area contributed by atoms with Gasteiger partial charge in [0.2, 0.25) is 21.1 Å². The van der Waals surface area contributed by atoms with Gasteiger partial charge in [-0.2, -0.15) is 4.72 Å². The standard InChI is InChI=1S/C44H46N6O6S2/c1-29-15-21-38(22-16-29)58(53,54)47-39(24-31-9-5-4-6-10-31)42(52)45-26-33-11-7-12-35(23-33)36-13-8-14-37(25-36)43-55-40(28-57-44-46-48-49-50(44)3)30(2)41(56-43)34-19-17-32(27-51)18-20-34/h4-23,25,30,39-41,43,47,51H,24,26-28H2,1-3H3,(H,45,52). The van der Waals surface area contributed by atoms with Crippen molar-refractivity contribution in [1.29, 1.82) is 0 Å². The molecule has 1 aliphatic heterocycles. The molecular formula is C44H46N6O6S2. The Bertz CT molecular complexity index is 2410. The maximum atomic E-state index is 13.7. The number of ether oxygens (including phenoxy) is 2. The highest BCUT2D eigenvalue weighted by Crippen LogP contribution is 2.43. The van der Waals surface area contributed by atoms with E-state index in [0.717, 1.165) is 44.5 Å². The maximum Gasteiger partial charge on any atom is 0.241 e. The summed E-state index contributed by atoms with van der Waals surface area (Å²) in [4.78, 5) is 13.8. The van der Waals surface area contributed by atoms with Crippen LogP contribution in [0.5, 0.6) is 0 Å². The summed E-state index contributed by atoms with van der Waals surface area (Å²) in [6, 6.07) is 38.5. The van der Waals surface area contributed by atoms with Crippen molar-refractivity contribution >= 4 is 27.7 Å². The molecule has 14 heteroatoms. The van der Waals surface area contributed by atoms with E-state index in [4.69, 9.17) is 9.47 Å². The van der Waals surface area contributed by atoms with Gasteiger partial charge in [0.15, 0.2) is 6.29 Å². The van der Waals surface area contributed by atoms with Crippen molar-refractivity contribution in [2.45, 2.75) is 68.0 Å². The molecule has 5 unspecified atom stereocenters. The molecule has 1 aromatic heterocycles. The molecule has 0 saturated carbocycles. The zero-order valence-corrected chi connectivity index (χ0v) is 34.1. The molecule has 1 saturated heterocycles. The van der Waals surface area contributed by atoms with Gasteiger partial charge in [-0.25, -0.2) is 13.1 Å². The number of nitrogens with one attached hydrogen (secondary N) is 2. The Morgan fingerprint density at radius 2 is 1.55 bits per heavy atom. The molecule has 300 valence electrons. The zero-order valence-electron chi connectivity index (χ0n) is 32.4. The molecular weight excluding hydrogens is 773 g/mol. The number of carbonyl (C=O) groups excluding carboxylic acids is 1. The van der Waals surface area contributed by atoms with Crippen LogP contribution in [0.4, 0.5) is 0 Å². The largest absolute Gasteiger partial charge is 0.392 e. The summed E-state index contributed by atoms with van der Waals surface area (Å²) in [5.74, 6) is 0.162. The topological polar surface area (TPSA) is 158 Å². The van der Waals surface area contributed by atoms with Crippen LogP contribution in [0.25, 0.3) is 11.1 Å². The molecule has 12 nitrogen and oxygen atoms in total. The SMILES string of the molecule is Cc1ccc(S(=O)(=O)NC(Cc2ccccc2)C(=O)NCc2cccc(-c3cccc(C4OC(CSc5nnnn5C)C(C)C(c5ccc(CO)cc5)O4)c3)c2)cc1. The number of benzene rings is 5. The number of aryl methyl sites for hydroxylation is 2. The van der Waals surface area contributed by atoms with Crippen molar-refractivity contribution < 1.29 is 27.8 Å². The van der Waals surface area contributed by atoms with Crippen LogP contribution < -0.4 is 10.0 Å². The van der Waals surface area contributed by atoms with Gasteiger partial charge in [-0.1, -0.05) is 127 Å². The van der Waals surface area contributed by atoms with Gasteiger partial charge in [0.1, 0.15) is 6.04 Å². The van der Waals surface area contributed by atoms with Gasteiger partial charge in [-0.3, -0.25) is 4.79 Å². The summed E-state index contributed by atoms with van der Waals surface area (Å²) in [5.41, 5.74) is 7.14. The second kappa shape index (κ2) is 18.6. The van der Waals surface area contributed by atoms with Gasteiger partial charge >= 0.3 is 0 Å². The van der Waals surface area contributed by atoms with Gasteiger partial charge in [0, 0.05) is 30.8 Å². The van der Waals surface area contributed by atoms with Crippen molar-refractivity contribution in [3.05, 3.63) is 161 Å². The molecule has 1 aliphatic rings. The van der Waals surface area contributed by atoms with Crippen LogP contribution in [-0.2, 0) is 50.9 Å². The van der Waals surface area contributed by atoms with Crippen molar-refractivity contribution in [3.63, 3.8) is 0 Å². The molecule has 1 amide bonds. The number of aliphatic hydroxyl groups excluding tert-OH is 1. The lowest BCUT2D eigenvalue weighted by atomic mass is 9.91. The molecule has 5 atom stereocenters. The third kappa shape index (κ3) is 10.1. The van der Waals surface area contributed by atoms with Crippen LogP contribution in [0.1, 0.15) is 52.7 Å². The van der Waals surface area contributed by atoms with Crippen molar-refractivity contribution in [3.8, 4) is 11.1 Å². The average molecular weight is 819 g/mol. The smallest absolute Gasteiger partial charge is 0.241 e. The van der Waals surface area contributed by atoms with E-state index in [-0.39, 0.29) is 42.6 Å². The molecule has 58 heavy (non-hydrogen) atoms. The van der Waals surface area contributed by atoms with E-state index in [1.165, 1.54) is 23.9 Å². The Kier molecular flexibility index (Phi) is 13.1. The number of sulfonamides is 1. The molecule has 2 heterocycles. The molecule has 0 bridgehead atoms. The van der Waals surface area contributed by atoms with Crippen molar-refractivity contribution in [2.24, 2.45) is 13.0 Å². The third-order valence-electron chi connectivity index (χ3n) is 10.2. The first-order valence-electron chi connectivity index (χ1n) is 19.0. The Hall–Kier alpha value is -5.22. The van der Waals surface area contributed by atoms with Crippen LogP contribution in [0.15, 0.2) is 137 Å². The number of tetrazole rings is 1. The van der Waals surface area contributed by atoms with Crippen LogP contribution in [0.2, 0.25) is 0 Å². The second-order valence-electron chi connectivity index (χ2n) is 14.4. The fourth-order valence-electron chi connectivity index (χ4n) is 6.86. The Labute approximate surface area is 343 Å². The van der Waals surface area contributed by atoms with Gasteiger partial charge < -0.3 is 19.9 Å². The molecule has 0 radical (unpaired) electrons. The number of nitrogens with zero attached hydrogens (tertiary/aromatic N) is 4. The maximum absolute atomic E-state index is 13.7. The van der Waals surface area contributed by atoms with Crippen molar-refractivity contribution in [2.75, 3.05) is 5.75 Å². The fraction of sp³-hybridized carbons (Fsp3) is 0.273. The molecule has 5 aromatic carbocycles. The van der Waals surface area contributed by atoms with E-state index in [2.05, 4.69) is 38.6 Å². The van der Waals surface area contributed by atoms with Crippen LogP contribution >= 0.6 is 11.8 Å². The minimum atomic E-state index is -3.98. The molecule has 0 aliphatic carbocycles. The Morgan fingerprint density at radius 1 is 0.845 bits per heavy atom. The summed E-state index contributed by atoms with van der Waals surface area (Å²) < 4.78 is 44.4. The number of aromatic nitrogens is 4. The Balaban J connectivity index is 1.08. The first-order valence-corrected chi connectivity index (χ1v) is 21.5. The number of hydrogen-bond donors (Lipinski definition) is 3. The lowest BCUT2D eigenvalue weighted by Gasteiger charge is -2.41. The van der Waals surface area contributed by atoms with Crippen LogP contribution in [0.3, 0.4) is 0 Å². The number of carbonyl (C=O) groups is 1. The molecule has 7 rings (SSSR count). The average Bonchev–Trinajstić information content (AvgIpc) is 3.66. The lowest BCUT2D eigenvalue weighted by molar-refractivity contribution is -0.268. The van der Waals surface area contributed by atoms with E-state index < -0.39 is 28.3 Å². The number of aliphatic hydroxyl groups is 1. The number of amides is 1. The minimum Gasteiger partial charge on any atom is -0.392 e. The van der Waals surface area contributed by atoms with Gasteiger partial charge in [0.05, 0.1) is 23.7 Å². The van der Waals surface area contributed by atoms with Gasteiger partial charge in [0.25, 0.3) is 0 Å². The monoisotopic (exact) mass is 818 g/mol. The van der Waals surface area contributed by atoms with Crippen LogP contribution in [-0.4, -0.2) is 57.5 Å². The fourth-order valence-corrected chi connectivity index (χ4v) is 9.07. The molecule has 6 aromatic rings. The number of rotatable bonds is 15. The lowest BCUT2D eigenvalue weighted by Crippen LogP contribution is -2.47. The molecule has 0 spiro atoms. The minimum absolute atomic E-state index is 0.00908. The first kappa shape index (κ1) is 41.0. The predicted molar refractivity (Wildman–Crippen MR) is 222 cm³/mol. The van der Waals surface area contributed by atoms with E-state index >= 15 is 0 Å². The normalized spacial score (nSPS) is 18.8. The number of hydrogen-bond acceptors (Lipinski definition) is 10. The van der Waals surface area contributed by atoms with Crippen molar-refractivity contribution in [1.82, 2.24) is 30.2 Å². The summed E-state index contributed by atoms with van der Waals surface area (Å²) in [7, 11) is -2.17. The van der Waals surface area contributed by atoms with E-state index in [0.29, 0.717) is 10.9 Å². The van der Waals surface area contributed by atoms with Crippen LogP contribution in [0, 0.1) is 12.8 Å². The third-order valence-corrected chi connectivity index (χ3v) is 12.8. The highest BCUT2D eigenvalue weighted by atomic mass is 32.2.